The normalized spacial score (nSPS) is 11.7. The third-order valence-electron chi connectivity index (χ3n) is 4.09. The van der Waals surface area contributed by atoms with Crippen molar-refractivity contribution in [3.63, 3.8) is 0 Å². The van der Waals surface area contributed by atoms with E-state index in [0.29, 0.717) is 13.0 Å². The number of thioether (sulfide) groups is 1. The zero-order chi connectivity index (χ0) is 19.1. The minimum atomic E-state index is -0.346. The van der Waals surface area contributed by atoms with Crippen LogP contribution in [0.2, 0.25) is 0 Å². The molecule has 0 spiro atoms. The molecule has 3 rings (SSSR count). The van der Waals surface area contributed by atoms with Crippen molar-refractivity contribution in [2.45, 2.75) is 16.6 Å². The second kappa shape index (κ2) is 9.14. The minimum absolute atomic E-state index is 0.0574. The minimum Gasteiger partial charge on any atom is -0.504 e. The highest BCUT2D eigenvalue weighted by Gasteiger charge is 2.21. The van der Waals surface area contributed by atoms with E-state index in [1.807, 2.05) is 60.7 Å². The van der Waals surface area contributed by atoms with Crippen LogP contribution in [0, 0.1) is 0 Å². The molecule has 27 heavy (non-hydrogen) atoms. The number of hydrogen-bond acceptors (Lipinski definition) is 4. The predicted molar refractivity (Wildman–Crippen MR) is 108 cm³/mol. The molecule has 0 heterocycles. The van der Waals surface area contributed by atoms with Crippen LogP contribution >= 0.6 is 11.8 Å². The number of nitrogens with one attached hydrogen (secondary N) is 1. The Hall–Kier alpha value is -2.92. The van der Waals surface area contributed by atoms with Crippen LogP contribution in [0.25, 0.3) is 0 Å². The van der Waals surface area contributed by atoms with Crippen LogP contribution in [-0.2, 0) is 11.2 Å². The lowest BCUT2D eigenvalue weighted by Gasteiger charge is -2.17. The van der Waals surface area contributed by atoms with E-state index in [1.54, 1.807) is 6.07 Å². The third kappa shape index (κ3) is 5.28. The molecule has 0 aliphatic carbocycles. The molecule has 138 valence electrons. The first-order valence-electron chi connectivity index (χ1n) is 8.69. The Morgan fingerprint density at radius 2 is 1.56 bits per heavy atom. The van der Waals surface area contributed by atoms with E-state index < -0.39 is 0 Å². The van der Waals surface area contributed by atoms with Crippen molar-refractivity contribution in [3.05, 3.63) is 90.0 Å². The molecule has 1 atom stereocenters. The average molecular weight is 379 g/mol. The molecule has 0 bridgehead atoms. The summed E-state index contributed by atoms with van der Waals surface area (Å²) in [6.45, 7) is 0.446. The number of phenols is 2. The van der Waals surface area contributed by atoms with Crippen molar-refractivity contribution in [2.24, 2.45) is 0 Å². The van der Waals surface area contributed by atoms with E-state index in [2.05, 4.69) is 5.32 Å². The lowest BCUT2D eigenvalue weighted by Crippen LogP contribution is -2.29. The quantitative estimate of drug-likeness (QED) is 0.423. The summed E-state index contributed by atoms with van der Waals surface area (Å²) in [7, 11) is 0. The maximum atomic E-state index is 12.8. The summed E-state index contributed by atoms with van der Waals surface area (Å²) >= 11 is 1.52. The van der Waals surface area contributed by atoms with Crippen molar-refractivity contribution in [3.8, 4) is 11.5 Å². The second-order valence-corrected chi connectivity index (χ2v) is 7.26. The summed E-state index contributed by atoms with van der Waals surface area (Å²) in [6.07, 6.45) is 0.567. The molecule has 0 aromatic heterocycles. The highest BCUT2D eigenvalue weighted by Crippen LogP contribution is 2.35. The van der Waals surface area contributed by atoms with Crippen molar-refractivity contribution in [1.29, 1.82) is 0 Å². The van der Waals surface area contributed by atoms with Gasteiger partial charge in [0.25, 0.3) is 0 Å². The summed E-state index contributed by atoms with van der Waals surface area (Å²) in [5.41, 5.74) is 1.80. The van der Waals surface area contributed by atoms with E-state index in [-0.39, 0.29) is 22.7 Å². The van der Waals surface area contributed by atoms with Gasteiger partial charge in [0.15, 0.2) is 11.5 Å². The van der Waals surface area contributed by atoms with Gasteiger partial charge in [-0.3, -0.25) is 4.79 Å². The van der Waals surface area contributed by atoms with Crippen molar-refractivity contribution < 1.29 is 15.0 Å². The zero-order valence-electron chi connectivity index (χ0n) is 14.7. The highest BCUT2D eigenvalue weighted by molar-refractivity contribution is 8.00. The van der Waals surface area contributed by atoms with E-state index >= 15 is 0 Å². The SMILES string of the molecule is O=C(NCCc1ccc(O)c(O)c1)C(Sc1ccccc1)c1ccccc1. The maximum absolute atomic E-state index is 12.8. The van der Waals surface area contributed by atoms with Gasteiger partial charge >= 0.3 is 0 Å². The fourth-order valence-electron chi connectivity index (χ4n) is 2.68. The first kappa shape index (κ1) is 18.9. The summed E-state index contributed by atoms with van der Waals surface area (Å²) in [4.78, 5) is 13.9. The van der Waals surface area contributed by atoms with Crippen LogP contribution < -0.4 is 5.32 Å². The Morgan fingerprint density at radius 3 is 2.22 bits per heavy atom. The van der Waals surface area contributed by atoms with Crippen molar-refractivity contribution >= 4 is 17.7 Å². The molecule has 0 fully saturated rings. The van der Waals surface area contributed by atoms with E-state index in [1.165, 1.54) is 23.9 Å². The molecular weight excluding hydrogens is 358 g/mol. The number of hydrogen-bond donors (Lipinski definition) is 3. The summed E-state index contributed by atoms with van der Waals surface area (Å²) in [5, 5.41) is 21.6. The molecule has 0 aliphatic rings. The molecule has 4 nitrogen and oxygen atoms in total. The maximum Gasteiger partial charge on any atom is 0.238 e. The highest BCUT2D eigenvalue weighted by atomic mass is 32.2. The largest absolute Gasteiger partial charge is 0.504 e. The standard InChI is InChI=1S/C22H21NO3S/c24-19-12-11-16(15-20(19)25)13-14-23-22(26)21(17-7-3-1-4-8-17)27-18-9-5-2-6-10-18/h1-12,15,21,24-25H,13-14H2,(H,23,26). The second-order valence-electron chi connectivity index (χ2n) is 6.09. The smallest absolute Gasteiger partial charge is 0.238 e. The van der Waals surface area contributed by atoms with Crippen LogP contribution in [0.5, 0.6) is 11.5 Å². The van der Waals surface area contributed by atoms with Gasteiger partial charge in [0.05, 0.1) is 0 Å². The number of carbonyl (C=O) groups is 1. The molecule has 3 aromatic rings. The van der Waals surface area contributed by atoms with Gasteiger partial charge in [-0.1, -0.05) is 54.6 Å². The first-order chi connectivity index (χ1) is 13.1. The monoisotopic (exact) mass is 379 g/mol. The molecule has 3 aromatic carbocycles. The van der Waals surface area contributed by atoms with Gasteiger partial charge in [-0.2, -0.15) is 0 Å². The molecule has 0 saturated heterocycles. The van der Waals surface area contributed by atoms with Crippen LogP contribution in [-0.4, -0.2) is 22.7 Å². The zero-order valence-corrected chi connectivity index (χ0v) is 15.5. The van der Waals surface area contributed by atoms with Crippen molar-refractivity contribution in [1.82, 2.24) is 5.32 Å². The number of phenolic OH excluding ortho intramolecular Hbond substituents is 2. The van der Waals surface area contributed by atoms with Crippen LogP contribution in [0.1, 0.15) is 16.4 Å². The third-order valence-corrected chi connectivity index (χ3v) is 5.36. The summed E-state index contributed by atoms with van der Waals surface area (Å²) in [6, 6.07) is 24.3. The van der Waals surface area contributed by atoms with Gasteiger partial charge in [0.2, 0.25) is 5.91 Å². The Morgan fingerprint density at radius 1 is 0.889 bits per heavy atom. The fraction of sp³-hybridized carbons (Fsp3) is 0.136. The first-order valence-corrected chi connectivity index (χ1v) is 9.56. The Kier molecular flexibility index (Phi) is 6.39. The molecule has 0 saturated carbocycles. The number of rotatable bonds is 7. The number of aromatic hydroxyl groups is 2. The average Bonchev–Trinajstić information content (AvgIpc) is 2.70. The summed E-state index contributed by atoms with van der Waals surface area (Å²) in [5.74, 6) is -0.357. The molecule has 5 heteroatoms. The van der Waals surface area contributed by atoms with E-state index in [9.17, 15) is 15.0 Å². The molecular formula is C22H21NO3S. The van der Waals surface area contributed by atoms with Gasteiger partial charge in [-0.25, -0.2) is 0 Å². The fourth-order valence-corrected chi connectivity index (χ4v) is 3.75. The van der Waals surface area contributed by atoms with Gasteiger partial charge in [0, 0.05) is 11.4 Å². The predicted octanol–water partition coefficient (Wildman–Crippen LogP) is 4.29. The Balaban J connectivity index is 1.66. The van der Waals surface area contributed by atoms with Gasteiger partial charge in [-0.15, -0.1) is 11.8 Å². The molecule has 0 radical (unpaired) electrons. The van der Waals surface area contributed by atoms with Crippen LogP contribution in [0.4, 0.5) is 0 Å². The van der Waals surface area contributed by atoms with Gasteiger partial charge in [0.1, 0.15) is 5.25 Å². The topological polar surface area (TPSA) is 69.6 Å². The van der Waals surface area contributed by atoms with E-state index in [0.717, 1.165) is 16.0 Å². The van der Waals surface area contributed by atoms with Crippen LogP contribution in [0.15, 0.2) is 83.8 Å². The van der Waals surface area contributed by atoms with Gasteiger partial charge in [-0.05, 0) is 41.8 Å². The number of carbonyl (C=O) groups excluding carboxylic acids is 1. The lowest BCUT2D eigenvalue weighted by molar-refractivity contribution is -0.120. The molecule has 1 amide bonds. The van der Waals surface area contributed by atoms with Crippen molar-refractivity contribution in [2.75, 3.05) is 6.54 Å². The number of amides is 1. The number of benzene rings is 3. The lowest BCUT2D eigenvalue weighted by atomic mass is 10.1. The van der Waals surface area contributed by atoms with Gasteiger partial charge < -0.3 is 15.5 Å². The molecule has 3 N–H and O–H groups in total. The molecule has 0 aliphatic heterocycles. The molecule has 1 unspecified atom stereocenters. The Bertz CT molecular complexity index is 885. The summed E-state index contributed by atoms with van der Waals surface area (Å²) < 4.78 is 0. The van der Waals surface area contributed by atoms with E-state index in [4.69, 9.17) is 0 Å². The van der Waals surface area contributed by atoms with Crippen LogP contribution in [0.3, 0.4) is 0 Å². The Labute approximate surface area is 162 Å².